The van der Waals surface area contributed by atoms with Crippen LogP contribution in [0.5, 0.6) is 0 Å². The van der Waals surface area contributed by atoms with Crippen molar-refractivity contribution >= 4 is 17.7 Å². The van der Waals surface area contributed by atoms with Crippen molar-refractivity contribution in [3.05, 3.63) is 30.0 Å². The molecule has 4 aliphatic rings. The quantitative estimate of drug-likeness (QED) is 0.757. The smallest absolute Gasteiger partial charge is 0.277 e. The minimum Gasteiger partial charge on any atom is -0.467 e. The third-order valence-electron chi connectivity index (χ3n) is 6.56. The molecule has 4 saturated carbocycles. The Morgan fingerprint density at radius 1 is 1.26 bits per heavy atom. The average molecular weight is 388 g/mol. The van der Waals surface area contributed by atoms with Gasteiger partial charge in [-0.15, -0.1) is 10.2 Å². The molecule has 2 aromatic heterocycles. The SMILES string of the molecule is C[C@H](Sc1nnc(C23CC4CC(CC(C4)C2)C3)o1)C(=O)NCc1ccco1. The highest BCUT2D eigenvalue weighted by Gasteiger charge is 2.54. The van der Waals surface area contributed by atoms with Crippen molar-refractivity contribution in [2.75, 3.05) is 0 Å². The molecule has 0 radical (unpaired) electrons. The fourth-order valence-electron chi connectivity index (χ4n) is 5.78. The van der Waals surface area contributed by atoms with E-state index in [0.717, 1.165) is 29.4 Å². The third-order valence-corrected chi connectivity index (χ3v) is 7.50. The fourth-order valence-corrected chi connectivity index (χ4v) is 6.49. The summed E-state index contributed by atoms with van der Waals surface area (Å²) in [6, 6.07) is 3.65. The first kappa shape index (κ1) is 17.3. The van der Waals surface area contributed by atoms with Crippen LogP contribution in [0.1, 0.15) is 57.1 Å². The lowest BCUT2D eigenvalue weighted by atomic mass is 9.49. The molecule has 144 valence electrons. The number of amides is 1. The third kappa shape index (κ3) is 3.30. The van der Waals surface area contributed by atoms with Gasteiger partial charge < -0.3 is 14.2 Å². The van der Waals surface area contributed by atoms with Crippen LogP contribution in [0.25, 0.3) is 0 Å². The maximum atomic E-state index is 12.3. The van der Waals surface area contributed by atoms with Crippen molar-refractivity contribution in [1.29, 1.82) is 0 Å². The molecular weight excluding hydrogens is 362 g/mol. The summed E-state index contributed by atoms with van der Waals surface area (Å²) in [7, 11) is 0. The average Bonchev–Trinajstić information content (AvgIpc) is 3.30. The largest absolute Gasteiger partial charge is 0.467 e. The lowest BCUT2D eigenvalue weighted by Gasteiger charge is -2.55. The molecular formula is C20H25N3O3S. The van der Waals surface area contributed by atoms with Gasteiger partial charge in [0.15, 0.2) is 0 Å². The summed E-state index contributed by atoms with van der Waals surface area (Å²) in [6.45, 7) is 2.25. The lowest BCUT2D eigenvalue weighted by Crippen LogP contribution is -2.48. The van der Waals surface area contributed by atoms with E-state index >= 15 is 0 Å². The molecule has 0 spiro atoms. The molecule has 27 heavy (non-hydrogen) atoms. The predicted octanol–water partition coefficient (Wildman–Crippen LogP) is 3.93. The zero-order valence-electron chi connectivity index (χ0n) is 15.5. The van der Waals surface area contributed by atoms with Crippen LogP contribution in [0.15, 0.2) is 32.5 Å². The Hall–Kier alpha value is -1.76. The molecule has 4 aliphatic carbocycles. The first-order valence-electron chi connectivity index (χ1n) is 9.90. The molecule has 6 nitrogen and oxygen atoms in total. The van der Waals surface area contributed by atoms with E-state index in [2.05, 4.69) is 15.5 Å². The maximum Gasteiger partial charge on any atom is 0.277 e. The molecule has 0 unspecified atom stereocenters. The lowest BCUT2D eigenvalue weighted by molar-refractivity contribution is -0.120. The number of carbonyl (C=O) groups is 1. The van der Waals surface area contributed by atoms with Gasteiger partial charge in [0.1, 0.15) is 5.76 Å². The second-order valence-corrected chi connectivity index (χ2v) is 9.92. The van der Waals surface area contributed by atoms with Gasteiger partial charge in [-0.25, -0.2) is 0 Å². The number of aromatic nitrogens is 2. The Kier molecular flexibility index (Phi) is 4.30. The van der Waals surface area contributed by atoms with Crippen LogP contribution in [0.3, 0.4) is 0 Å². The van der Waals surface area contributed by atoms with E-state index in [4.69, 9.17) is 8.83 Å². The van der Waals surface area contributed by atoms with Crippen LogP contribution in [-0.4, -0.2) is 21.4 Å². The Labute approximate surface area is 162 Å². The topological polar surface area (TPSA) is 81.2 Å². The normalized spacial score (nSPS) is 32.6. The second-order valence-electron chi connectivity index (χ2n) is 8.63. The fraction of sp³-hybridized carbons (Fsp3) is 0.650. The van der Waals surface area contributed by atoms with Gasteiger partial charge in [0, 0.05) is 5.41 Å². The van der Waals surface area contributed by atoms with E-state index in [0.29, 0.717) is 11.8 Å². The number of carbonyl (C=O) groups excluding carboxylic acids is 1. The van der Waals surface area contributed by atoms with Gasteiger partial charge in [-0.2, -0.15) is 0 Å². The molecule has 0 saturated heterocycles. The molecule has 4 fully saturated rings. The Balaban J connectivity index is 1.22. The van der Waals surface area contributed by atoms with Crippen molar-refractivity contribution < 1.29 is 13.6 Å². The summed E-state index contributed by atoms with van der Waals surface area (Å²) in [5.41, 5.74) is 0.103. The van der Waals surface area contributed by atoms with Crippen LogP contribution < -0.4 is 5.32 Å². The van der Waals surface area contributed by atoms with Crippen molar-refractivity contribution in [1.82, 2.24) is 15.5 Å². The van der Waals surface area contributed by atoms with E-state index in [1.54, 1.807) is 6.26 Å². The molecule has 6 rings (SSSR count). The van der Waals surface area contributed by atoms with Crippen molar-refractivity contribution in [3.63, 3.8) is 0 Å². The highest BCUT2D eigenvalue weighted by atomic mass is 32.2. The van der Waals surface area contributed by atoms with Gasteiger partial charge in [-0.1, -0.05) is 11.8 Å². The summed E-state index contributed by atoms with van der Waals surface area (Å²) in [6.07, 6.45) is 9.37. The maximum absolute atomic E-state index is 12.3. The van der Waals surface area contributed by atoms with Crippen molar-refractivity contribution in [2.45, 2.75) is 67.9 Å². The minimum absolute atomic E-state index is 0.0639. The van der Waals surface area contributed by atoms with Crippen molar-refractivity contribution in [3.8, 4) is 0 Å². The molecule has 1 atom stereocenters. The van der Waals surface area contributed by atoms with E-state index in [1.165, 1.54) is 50.3 Å². The van der Waals surface area contributed by atoms with Gasteiger partial charge in [-0.05, 0) is 75.3 Å². The van der Waals surface area contributed by atoms with Crippen LogP contribution in [0, 0.1) is 17.8 Å². The first-order chi connectivity index (χ1) is 13.1. The number of hydrogen-bond acceptors (Lipinski definition) is 6. The van der Waals surface area contributed by atoms with Crippen LogP contribution >= 0.6 is 11.8 Å². The number of hydrogen-bond donors (Lipinski definition) is 1. The summed E-state index contributed by atoms with van der Waals surface area (Å²) < 4.78 is 11.3. The second kappa shape index (κ2) is 6.69. The zero-order valence-corrected chi connectivity index (χ0v) is 16.3. The van der Waals surface area contributed by atoms with Crippen LogP contribution in [0.2, 0.25) is 0 Å². The molecule has 7 heteroatoms. The molecule has 1 N–H and O–H groups in total. The highest BCUT2D eigenvalue weighted by molar-refractivity contribution is 8.00. The molecule has 0 aliphatic heterocycles. The van der Waals surface area contributed by atoms with E-state index in [9.17, 15) is 4.79 Å². The highest BCUT2D eigenvalue weighted by Crippen LogP contribution is 2.60. The van der Waals surface area contributed by atoms with Gasteiger partial charge in [-0.3, -0.25) is 4.79 Å². The number of nitrogens with one attached hydrogen (secondary N) is 1. The van der Waals surface area contributed by atoms with Gasteiger partial charge in [0.2, 0.25) is 11.8 Å². The number of nitrogens with zero attached hydrogens (tertiary/aromatic N) is 2. The Bertz CT molecular complexity index is 781. The monoisotopic (exact) mass is 387 g/mol. The summed E-state index contributed by atoms with van der Waals surface area (Å²) >= 11 is 1.33. The minimum atomic E-state index is -0.301. The Morgan fingerprint density at radius 3 is 2.59 bits per heavy atom. The molecule has 2 heterocycles. The van der Waals surface area contributed by atoms with Crippen LogP contribution in [-0.2, 0) is 16.8 Å². The number of rotatable bonds is 6. The Morgan fingerprint density at radius 2 is 1.96 bits per heavy atom. The summed E-state index contributed by atoms with van der Waals surface area (Å²) in [5, 5.41) is 11.8. The summed E-state index contributed by atoms with van der Waals surface area (Å²) in [4.78, 5) is 12.3. The van der Waals surface area contributed by atoms with Crippen molar-refractivity contribution in [2.24, 2.45) is 17.8 Å². The molecule has 0 aromatic carbocycles. The number of thioether (sulfide) groups is 1. The molecule has 4 bridgehead atoms. The summed E-state index contributed by atoms with van der Waals surface area (Å²) in [5.74, 6) is 4.00. The van der Waals surface area contributed by atoms with Gasteiger partial charge in [0.05, 0.1) is 18.1 Å². The molecule has 2 aromatic rings. The molecule has 1 amide bonds. The van der Waals surface area contributed by atoms with Crippen LogP contribution in [0.4, 0.5) is 0 Å². The van der Waals surface area contributed by atoms with E-state index in [-0.39, 0.29) is 16.6 Å². The van der Waals surface area contributed by atoms with Gasteiger partial charge in [0.25, 0.3) is 5.22 Å². The van der Waals surface area contributed by atoms with E-state index in [1.807, 2.05) is 19.1 Å². The van der Waals surface area contributed by atoms with Gasteiger partial charge >= 0.3 is 0 Å². The number of furan rings is 1. The first-order valence-corrected chi connectivity index (χ1v) is 10.8. The standard InChI is InChI=1S/C20H25N3O3S/c1-12(17(24)21-11-16-3-2-4-25-16)27-19-23-22-18(26-19)20-8-13-5-14(9-20)7-15(6-13)10-20/h2-4,12-15H,5-11H2,1H3,(H,21,24)/t12-,13?,14?,15?,20?/m0/s1. The zero-order chi connectivity index (χ0) is 18.4. The predicted molar refractivity (Wildman–Crippen MR) is 100 cm³/mol. The van der Waals surface area contributed by atoms with E-state index < -0.39 is 0 Å².